The number of carbonyl (C=O) groups is 2. The molecule has 1 unspecified atom stereocenters. The molecule has 6 heteroatoms. The molecule has 0 aromatic rings. The number of morpholine rings is 1. The average molecular weight is 230 g/mol. The van der Waals surface area contributed by atoms with Crippen LogP contribution in [-0.4, -0.2) is 60.8 Å². The van der Waals surface area contributed by atoms with Crippen molar-refractivity contribution in [2.75, 3.05) is 32.8 Å². The summed E-state index contributed by atoms with van der Waals surface area (Å²) in [7, 11) is 0. The van der Waals surface area contributed by atoms with Gasteiger partial charge in [0.15, 0.2) is 0 Å². The van der Waals surface area contributed by atoms with E-state index in [1.54, 1.807) is 0 Å². The molecule has 0 radical (unpaired) electrons. The number of carboxylic acids is 1. The molecule has 1 aliphatic heterocycles. The second-order valence-electron chi connectivity index (χ2n) is 3.74. The number of amides is 1. The van der Waals surface area contributed by atoms with Gasteiger partial charge in [0.1, 0.15) is 12.6 Å². The molecule has 1 rings (SSSR count). The Morgan fingerprint density at radius 1 is 1.56 bits per heavy atom. The molecule has 0 aromatic carbocycles. The maximum Gasteiger partial charge on any atom is 0.323 e. The van der Waals surface area contributed by atoms with E-state index in [0.29, 0.717) is 26.3 Å². The maximum atomic E-state index is 11.9. The second kappa shape index (κ2) is 6.44. The fourth-order valence-corrected chi connectivity index (χ4v) is 1.64. The van der Waals surface area contributed by atoms with Crippen LogP contribution >= 0.6 is 0 Å². The van der Waals surface area contributed by atoms with Crippen molar-refractivity contribution >= 4 is 11.9 Å². The predicted octanol–water partition coefficient (Wildman–Crippen LogP) is -0.702. The molecule has 0 bridgehead atoms. The Balaban J connectivity index is 2.54. The lowest BCUT2D eigenvalue weighted by Crippen LogP contribution is -2.53. The van der Waals surface area contributed by atoms with Crippen LogP contribution in [0.2, 0.25) is 0 Å². The summed E-state index contributed by atoms with van der Waals surface area (Å²) in [6.45, 7) is 3.67. The molecular weight excluding hydrogens is 212 g/mol. The molecule has 1 aliphatic rings. The number of nitrogens with one attached hydrogen (secondary N) is 1. The third kappa shape index (κ3) is 3.79. The van der Waals surface area contributed by atoms with Crippen molar-refractivity contribution in [3.63, 3.8) is 0 Å². The highest BCUT2D eigenvalue weighted by atomic mass is 16.5. The highest BCUT2D eigenvalue weighted by Gasteiger charge is 2.26. The summed E-state index contributed by atoms with van der Waals surface area (Å²) in [4.78, 5) is 23.9. The van der Waals surface area contributed by atoms with Crippen LogP contribution in [0, 0.1) is 0 Å². The van der Waals surface area contributed by atoms with Crippen molar-refractivity contribution < 1.29 is 19.4 Å². The van der Waals surface area contributed by atoms with Gasteiger partial charge in [-0.15, -0.1) is 0 Å². The molecule has 16 heavy (non-hydrogen) atoms. The van der Waals surface area contributed by atoms with Gasteiger partial charge in [0.05, 0.1) is 13.2 Å². The van der Waals surface area contributed by atoms with Gasteiger partial charge < -0.3 is 20.1 Å². The first-order valence-electron chi connectivity index (χ1n) is 5.47. The predicted molar refractivity (Wildman–Crippen MR) is 57.1 cm³/mol. The van der Waals surface area contributed by atoms with E-state index in [9.17, 15) is 9.59 Å². The first-order chi connectivity index (χ1) is 7.65. The van der Waals surface area contributed by atoms with Crippen LogP contribution in [0.25, 0.3) is 0 Å². The van der Waals surface area contributed by atoms with Crippen molar-refractivity contribution in [1.82, 2.24) is 10.2 Å². The molecule has 0 aromatic heterocycles. The summed E-state index contributed by atoms with van der Waals surface area (Å²) in [6.07, 6.45) is 0.743. The van der Waals surface area contributed by atoms with Crippen LogP contribution in [0.4, 0.5) is 0 Å². The van der Waals surface area contributed by atoms with Crippen LogP contribution < -0.4 is 5.32 Å². The van der Waals surface area contributed by atoms with E-state index < -0.39 is 12.0 Å². The van der Waals surface area contributed by atoms with Crippen LogP contribution in [0.15, 0.2) is 0 Å². The third-order valence-electron chi connectivity index (χ3n) is 2.35. The molecule has 2 N–H and O–H groups in total. The lowest BCUT2D eigenvalue weighted by molar-refractivity contribution is -0.146. The van der Waals surface area contributed by atoms with Gasteiger partial charge in [0.2, 0.25) is 5.91 Å². The number of carbonyl (C=O) groups excluding carboxylic acids is 1. The molecule has 92 valence electrons. The quantitative estimate of drug-likeness (QED) is 0.653. The molecule has 1 saturated heterocycles. The van der Waals surface area contributed by atoms with E-state index in [1.807, 2.05) is 6.92 Å². The first kappa shape index (κ1) is 12.9. The highest BCUT2D eigenvalue weighted by Crippen LogP contribution is 2.01. The third-order valence-corrected chi connectivity index (χ3v) is 2.35. The summed E-state index contributed by atoms with van der Waals surface area (Å²) in [5.74, 6) is -1.18. The van der Waals surface area contributed by atoms with E-state index in [0.717, 1.165) is 6.42 Å². The minimum absolute atomic E-state index is 0.191. The fraction of sp³-hybridized carbons (Fsp3) is 0.800. The Morgan fingerprint density at radius 2 is 2.31 bits per heavy atom. The highest BCUT2D eigenvalue weighted by molar-refractivity contribution is 5.85. The van der Waals surface area contributed by atoms with Crippen molar-refractivity contribution in [2.45, 2.75) is 19.4 Å². The average Bonchev–Trinajstić information content (AvgIpc) is 2.28. The zero-order valence-electron chi connectivity index (χ0n) is 9.44. The van der Waals surface area contributed by atoms with Gasteiger partial charge in [-0.05, 0) is 6.42 Å². The van der Waals surface area contributed by atoms with Crippen molar-refractivity contribution in [2.24, 2.45) is 0 Å². The number of carboxylic acid groups (broad SMARTS) is 1. The zero-order chi connectivity index (χ0) is 12.0. The summed E-state index contributed by atoms with van der Waals surface area (Å²) in [6, 6.07) is -0.403. The molecule has 1 amide bonds. The molecular formula is C10H18N2O4. The minimum atomic E-state index is -0.987. The summed E-state index contributed by atoms with van der Waals surface area (Å²) in [5.41, 5.74) is 0. The lowest BCUT2D eigenvalue weighted by atomic mass is 10.2. The van der Waals surface area contributed by atoms with E-state index >= 15 is 0 Å². The molecule has 6 nitrogen and oxygen atoms in total. The van der Waals surface area contributed by atoms with Gasteiger partial charge in [-0.2, -0.15) is 0 Å². The van der Waals surface area contributed by atoms with Crippen LogP contribution in [0.3, 0.4) is 0 Å². The molecule has 0 aliphatic carbocycles. The van der Waals surface area contributed by atoms with E-state index in [1.165, 1.54) is 4.90 Å². The Bertz CT molecular complexity index is 251. The lowest BCUT2D eigenvalue weighted by Gasteiger charge is -2.28. The van der Waals surface area contributed by atoms with Crippen LogP contribution in [-0.2, 0) is 14.3 Å². The number of nitrogens with zero attached hydrogens (tertiary/aromatic N) is 1. The summed E-state index contributed by atoms with van der Waals surface area (Å²) in [5, 5.41) is 11.7. The molecule has 1 atom stereocenters. The van der Waals surface area contributed by atoms with Gasteiger partial charge in [0, 0.05) is 13.1 Å². The summed E-state index contributed by atoms with van der Waals surface area (Å²) < 4.78 is 5.18. The van der Waals surface area contributed by atoms with E-state index in [4.69, 9.17) is 9.84 Å². The minimum Gasteiger partial charge on any atom is -0.480 e. The number of ether oxygens (including phenoxy) is 1. The summed E-state index contributed by atoms with van der Waals surface area (Å²) >= 11 is 0. The first-order valence-corrected chi connectivity index (χ1v) is 5.47. The van der Waals surface area contributed by atoms with Gasteiger partial charge in [-0.1, -0.05) is 6.92 Å². The zero-order valence-corrected chi connectivity index (χ0v) is 9.44. The molecule has 0 saturated carbocycles. The Morgan fingerprint density at radius 3 is 2.81 bits per heavy atom. The SMILES string of the molecule is CCCN(CC(=O)O)C(=O)C1COCCN1. The van der Waals surface area contributed by atoms with Crippen LogP contribution in [0.1, 0.15) is 13.3 Å². The smallest absolute Gasteiger partial charge is 0.323 e. The number of aliphatic carboxylic acids is 1. The number of hydrogen-bond acceptors (Lipinski definition) is 4. The fourth-order valence-electron chi connectivity index (χ4n) is 1.64. The van der Waals surface area contributed by atoms with Gasteiger partial charge in [-0.25, -0.2) is 0 Å². The Hall–Kier alpha value is -1.14. The number of rotatable bonds is 5. The van der Waals surface area contributed by atoms with Crippen LogP contribution in [0.5, 0.6) is 0 Å². The van der Waals surface area contributed by atoms with Gasteiger partial charge >= 0.3 is 5.97 Å². The van der Waals surface area contributed by atoms with Crippen molar-refractivity contribution in [1.29, 1.82) is 0 Å². The monoisotopic (exact) mass is 230 g/mol. The molecule has 1 fully saturated rings. The standard InChI is InChI=1S/C10H18N2O4/c1-2-4-12(6-9(13)14)10(15)8-7-16-5-3-11-8/h8,11H,2-7H2,1H3,(H,13,14). The van der Waals surface area contributed by atoms with E-state index in [-0.39, 0.29) is 12.5 Å². The second-order valence-corrected chi connectivity index (χ2v) is 3.74. The Kier molecular flexibility index (Phi) is 5.21. The molecule has 0 spiro atoms. The topological polar surface area (TPSA) is 78.9 Å². The largest absolute Gasteiger partial charge is 0.480 e. The van der Waals surface area contributed by atoms with Crippen molar-refractivity contribution in [3.8, 4) is 0 Å². The Labute approximate surface area is 94.6 Å². The van der Waals surface area contributed by atoms with Crippen molar-refractivity contribution in [3.05, 3.63) is 0 Å². The molecule has 1 heterocycles. The number of hydrogen-bond donors (Lipinski definition) is 2. The van der Waals surface area contributed by atoms with Gasteiger partial charge in [-0.3, -0.25) is 9.59 Å². The van der Waals surface area contributed by atoms with Gasteiger partial charge in [0.25, 0.3) is 0 Å². The normalized spacial score (nSPS) is 20.4. The van der Waals surface area contributed by atoms with E-state index in [2.05, 4.69) is 5.32 Å². The maximum absolute atomic E-state index is 11.9.